The number of aromatic carboxylic acids is 1. The van der Waals surface area contributed by atoms with Crippen molar-refractivity contribution >= 4 is 27.8 Å². The minimum atomic E-state index is -1.03. The van der Waals surface area contributed by atoms with Crippen LogP contribution >= 0.6 is 0 Å². The van der Waals surface area contributed by atoms with E-state index in [1.165, 1.54) is 0 Å². The largest absolute Gasteiger partial charge is 0.486 e. The van der Waals surface area contributed by atoms with Crippen molar-refractivity contribution in [1.82, 2.24) is 9.97 Å². The van der Waals surface area contributed by atoms with E-state index in [1.807, 2.05) is 55.5 Å². The van der Waals surface area contributed by atoms with Crippen molar-refractivity contribution in [1.29, 1.82) is 0 Å². The van der Waals surface area contributed by atoms with Crippen molar-refractivity contribution in [2.75, 3.05) is 0 Å². The number of pyridine rings is 1. The first-order valence-electron chi connectivity index (χ1n) is 7.98. The summed E-state index contributed by atoms with van der Waals surface area (Å²) in [7, 11) is 0. The molecule has 0 amide bonds. The summed E-state index contributed by atoms with van der Waals surface area (Å²) in [5, 5.41) is 11.0. The van der Waals surface area contributed by atoms with Gasteiger partial charge in [0.25, 0.3) is 0 Å². The molecule has 25 heavy (non-hydrogen) atoms. The predicted molar refractivity (Wildman–Crippen MR) is 96.0 cm³/mol. The summed E-state index contributed by atoms with van der Waals surface area (Å²) >= 11 is 0. The number of carbonyl (C=O) groups is 1. The Hall–Kier alpha value is -3.34. The molecule has 2 heterocycles. The molecule has 0 bridgehead atoms. The van der Waals surface area contributed by atoms with E-state index in [9.17, 15) is 4.79 Å². The van der Waals surface area contributed by atoms with Crippen LogP contribution in [0.4, 0.5) is 0 Å². The number of hydrogen-bond acceptors (Lipinski definition) is 3. The highest BCUT2D eigenvalue weighted by molar-refractivity contribution is 6.08. The lowest BCUT2D eigenvalue weighted by atomic mass is 10.1. The number of benzene rings is 2. The average molecular weight is 332 g/mol. The van der Waals surface area contributed by atoms with E-state index >= 15 is 0 Å². The Bertz CT molecular complexity index is 1070. The molecule has 0 aliphatic carbocycles. The molecule has 1 unspecified atom stereocenters. The number of aromatic nitrogens is 2. The first-order valence-corrected chi connectivity index (χ1v) is 7.98. The van der Waals surface area contributed by atoms with Gasteiger partial charge < -0.3 is 14.8 Å². The molecule has 2 aromatic carbocycles. The molecule has 2 N–H and O–H groups in total. The summed E-state index contributed by atoms with van der Waals surface area (Å²) in [6.07, 6.45) is 1.43. The third-order valence-electron chi connectivity index (χ3n) is 4.25. The zero-order valence-corrected chi connectivity index (χ0v) is 13.6. The molecule has 0 aliphatic rings. The Kier molecular flexibility index (Phi) is 3.61. The van der Waals surface area contributed by atoms with Gasteiger partial charge in [-0.15, -0.1) is 0 Å². The number of H-pyrrole nitrogens is 1. The third-order valence-corrected chi connectivity index (χ3v) is 4.25. The van der Waals surface area contributed by atoms with E-state index in [2.05, 4.69) is 9.97 Å². The van der Waals surface area contributed by atoms with Gasteiger partial charge in [-0.2, -0.15) is 0 Å². The fraction of sp³-hybridized carbons (Fsp3) is 0.100. The number of hydrogen-bond donors (Lipinski definition) is 2. The van der Waals surface area contributed by atoms with Crippen molar-refractivity contribution in [3.63, 3.8) is 0 Å². The van der Waals surface area contributed by atoms with Crippen LogP contribution in [0.5, 0.6) is 5.75 Å². The number of carboxylic acid groups (broad SMARTS) is 1. The number of ether oxygens (including phenoxy) is 1. The molecule has 0 spiro atoms. The van der Waals surface area contributed by atoms with E-state index in [1.54, 1.807) is 12.3 Å². The first-order chi connectivity index (χ1) is 12.1. The van der Waals surface area contributed by atoms with Crippen molar-refractivity contribution in [3.8, 4) is 5.75 Å². The molecule has 2 aromatic heterocycles. The predicted octanol–water partition coefficient (Wildman–Crippen LogP) is 4.55. The molecular weight excluding hydrogens is 316 g/mol. The Morgan fingerprint density at radius 3 is 2.60 bits per heavy atom. The molecule has 0 saturated heterocycles. The highest BCUT2D eigenvalue weighted by Gasteiger charge is 2.13. The van der Waals surface area contributed by atoms with Crippen LogP contribution in [0.2, 0.25) is 0 Å². The fourth-order valence-corrected chi connectivity index (χ4v) is 2.96. The quantitative estimate of drug-likeness (QED) is 0.575. The Morgan fingerprint density at radius 1 is 1.08 bits per heavy atom. The summed E-state index contributed by atoms with van der Waals surface area (Å²) in [4.78, 5) is 18.4. The molecule has 4 aromatic rings. The van der Waals surface area contributed by atoms with Crippen molar-refractivity contribution in [3.05, 3.63) is 72.1 Å². The van der Waals surface area contributed by atoms with Crippen LogP contribution < -0.4 is 4.74 Å². The minimum Gasteiger partial charge on any atom is -0.486 e. The minimum absolute atomic E-state index is 0.0346. The molecule has 4 rings (SSSR count). The number of rotatable bonds is 4. The molecule has 5 heteroatoms. The van der Waals surface area contributed by atoms with Crippen LogP contribution in [0.15, 0.2) is 60.8 Å². The molecule has 124 valence electrons. The Morgan fingerprint density at radius 2 is 1.84 bits per heavy atom. The van der Waals surface area contributed by atoms with Gasteiger partial charge in [0.2, 0.25) is 0 Å². The second-order valence-electron chi connectivity index (χ2n) is 5.92. The van der Waals surface area contributed by atoms with Gasteiger partial charge in [0, 0.05) is 16.3 Å². The number of aromatic amines is 1. The summed E-state index contributed by atoms with van der Waals surface area (Å²) in [5.41, 5.74) is 2.81. The van der Waals surface area contributed by atoms with Crippen LogP contribution in [-0.4, -0.2) is 21.0 Å². The number of nitrogens with zero attached hydrogens (tertiary/aromatic N) is 1. The summed E-state index contributed by atoms with van der Waals surface area (Å²) in [6, 6.07) is 17.3. The van der Waals surface area contributed by atoms with Gasteiger partial charge >= 0.3 is 5.97 Å². The molecule has 0 saturated carbocycles. The van der Waals surface area contributed by atoms with E-state index < -0.39 is 5.97 Å². The standard InChI is InChI=1S/C20H16N2O3/c1-12(25-14-5-3-2-4-6-14)13-7-8-17-15(9-13)16-10-18(20(23)24)21-11-19(16)22-17/h2-12,22H,1H3,(H,23,24). The molecule has 0 fully saturated rings. The Labute approximate surface area is 143 Å². The van der Waals surface area contributed by atoms with Crippen LogP contribution in [0.3, 0.4) is 0 Å². The Balaban J connectivity index is 1.76. The second-order valence-corrected chi connectivity index (χ2v) is 5.92. The van der Waals surface area contributed by atoms with E-state index in [0.29, 0.717) is 0 Å². The van der Waals surface area contributed by atoms with Crippen LogP contribution in [0, 0.1) is 0 Å². The maximum atomic E-state index is 11.2. The number of carboxylic acids is 1. The number of para-hydroxylation sites is 1. The summed E-state index contributed by atoms with van der Waals surface area (Å²) < 4.78 is 5.98. The monoisotopic (exact) mass is 332 g/mol. The van der Waals surface area contributed by atoms with E-state index in [0.717, 1.165) is 33.1 Å². The molecule has 5 nitrogen and oxygen atoms in total. The molecule has 1 atom stereocenters. The van der Waals surface area contributed by atoms with Crippen molar-refractivity contribution in [2.45, 2.75) is 13.0 Å². The van der Waals surface area contributed by atoms with Crippen molar-refractivity contribution in [2.24, 2.45) is 0 Å². The van der Waals surface area contributed by atoms with E-state index in [-0.39, 0.29) is 11.8 Å². The van der Waals surface area contributed by atoms with Gasteiger partial charge in [-0.05, 0) is 42.8 Å². The third kappa shape index (κ3) is 2.80. The second kappa shape index (κ2) is 5.94. The topological polar surface area (TPSA) is 75.2 Å². The fourth-order valence-electron chi connectivity index (χ4n) is 2.96. The maximum Gasteiger partial charge on any atom is 0.354 e. The molecular formula is C20H16N2O3. The molecule has 0 aliphatic heterocycles. The summed E-state index contributed by atoms with van der Waals surface area (Å²) in [6.45, 7) is 1.99. The van der Waals surface area contributed by atoms with Gasteiger partial charge in [0.05, 0.1) is 11.7 Å². The number of fused-ring (bicyclic) bond motifs is 3. The smallest absolute Gasteiger partial charge is 0.354 e. The van der Waals surface area contributed by atoms with Crippen LogP contribution in [0.1, 0.15) is 29.1 Å². The zero-order valence-electron chi connectivity index (χ0n) is 13.6. The van der Waals surface area contributed by atoms with Gasteiger partial charge in [0.15, 0.2) is 0 Å². The highest BCUT2D eigenvalue weighted by Crippen LogP contribution is 2.29. The lowest BCUT2D eigenvalue weighted by molar-refractivity contribution is 0.0690. The average Bonchev–Trinajstić information content (AvgIpc) is 2.99. The van der Waals surface area contributed by atoms with Crippen LogP contribution in [0.25, 0.3) is 21.8 Å². The SMILES string of the molecule is CC(Oc1ccccc1)c1ccc2[nH]c3cnc(C(=O)O)cc3c2c1. The van der Waals surface area contributed by atoms with E-state index in [4.69, 9.17) is 9.84 Å². The van der Waals surface area contributed by atoms with Gasteiger partial charge in [-0.1, -0.05) is 24.3 Å². The number of nitrogens with one attached hydrogen (secondary N) is 1. The normalized spacial score (nSPS) is 12.4. The zero-order chi connectivity index (χ0) is 17.4. The van der Waals surface area contributed by atoms with Gasteiger partial charge in [-0.3, -0.25) is 0 Å². The van der Waals surface area contributed by atoms with Gasteiger partial charge in [-0.25, -0.2) is 9.78 Å². The lowest BCUT2D eigenvalue weighted by Gasteiger charge is -2.15. The highest BCUT2D eigenvalue weighted by atomic mass is 16.5. The van der Waals surface area contributed by atoms with Gasteiger partial charge in [0.1, 0.15) is 17.5 Å². The lowest BCUT2D eigenvalue weighted by Crippen LogP contribution is -2.02. The maximum absolute atomic E-state index is 11.2. The first kappa shape index (κ1) is 15.2. The molecule has 0 radical (unpaired) electrons. The van der Waals surface area contributed by atoms with Crippen molar-refractivity contribution < 1.29 is 14.6 Å². The summed E-state index contributed by atoms with van der Waals surface area (Å²) in [5.74, 6) is -0.223. The van der Waals surface area contributed by atoms with Crippen LogP contribution in [-0.2, 0) is 0 Å².